The molecule has 8 nitrogen and oxygen atoms in total. The number of hydrogen-bond acceptors (Lipinski definition) is 6. The van der Waals surface area contributed by atoms with E-state index >= 15 is 0 Å². The Labute approximate surface area is 197 Å². The number of para-hydroxylation sites is 2. The van der Waals surface area contributed by atoms with Crippen molar-refractivity contribution >= 4 is 23.4 Å². The molecule has 0 radical (unpaired) electrons. The topological polar surface area (TPSA) is 114 Å². The number of carbonyl (C=O) groups excluding carboxylic acids is 1. The molecule has 1 amide bonds. The maximum Gasteiger partial charge on any atom is 0.292 e. The number of carbonyl (C=O) groups is 1. The van der Waals surface area contributed by atoms with Crippen LogP contribution in [0, 0.1) is 28.4 Å². The second-order valence-corrected chi connectivity index (χ2v) is 7.31. The standard InChI is InChI=1S/C26H23N3O5/c1-3-33-25-15-20(12-13-24(25)34-17-19-10-8-18(2)9-11-19)14-21(16-27)26(30)28-22-6-4-5-7-23(22)29(31)32/h4-15H,3,17H2,1-2H3,(H,28,30)/b21-14-. The molecule has 0 aliphatic rings. The van der Waals surface area contributed by atoms with Crippen LogP contribution in [0.25, 0.3) is 6.08 Å². The van der Waals surface area contributed by atoms with Crippen molar-refractivity contribution in [3.63, 3.8) is 0 Å². The first-order chi connectivity index (χ1) is 16.4. The Bertz CT molecular complexity index is 1260. The van der Waals surface area contributed by atoms with E-state index in [0.29, 0.717) is 30.3 Å². The van der Waals surface area contributed by atoms with Crippen molar-refractivity contribution in [3.8, 4) is 17.6 Å². The van der Waals surface area contributed by atoms with Crippen LogP contribution in [0.2, 0.25) is 0 Å². The van der Waals surface area contributed by atoms with E-state index in [9.17, 15) is 20.2 Å². The number of nitro groups is 1. The van der Waals surface area contributed by atoms with Gasteiger partial charge in [-0.05, 0) is 49.2 Å². The zero-order valence-electron chi connectivity index (χ0n) is 18.8. The van der Waals surface area contributed by atoms with Crippen molar-refractivity contribution in [2.24, 2.45) is 0 Å². The molecule has 0 unspecified atom stereocenters. The van der Waals surface area contributed by atoms with Gasteiger partial charge in [0, 0.05) is 6.07 Å². The number of hydrogen-bond donors (Lipinski definition) is 1. The maximum atomic E-state index is 12.6. The first-order valence-electron chi connectivity index (χ1n) is 10.5. The number of nitrogens with zero attached hydrogens (tertiary/aromatic N) is 2. The fraction of sp³-hybridized carbons (Fsp3) is 0.154. The van der Waals surface area contributed by atoms with E-state index in [1.165, 1.54) is 24.3 Å². The highest BCUT2D eigenvalue weighted by molar-refractivity contribution is 6.10. The summed E-state index contributed by atoms with van der Waals surface area (Å²) >= 11 is 0. The first kappa shape index (κ1) is 24.0. The van der Waals surface area contributed by atoms with Crippen molar-refractivity contribution in [1.82, 2.24) is 0 Å². The number of nitrogens with one attached hydrogen (secondary N) is 1. The Hall–Kier alpha value is -4.64. The lowest BCUT2D eigenvalue weighted by Gasteiger charge is -2.13. The zero-order chi connectivity index (χ0) is 24.5. The van der Waals surface area contributed by atoms with E-state index in [1.54, 1.807) is 24.3 Å². The number of ether oxygens (including phenoxy) is 2. The Morgan fingerprint density at radius 2 is 1.82 bits per heavy atom. The van der Waals surface area contributed by atoms with Gasteiger partial charge in [0.15, 0.2) is 11.5 Å². The van der Waals surface area contributed by atoms with Gasteiger partial charge in [-0.2, -0.15) is 5.26 Å². The highest BCUT2D eigenvalue weighted by Gasteiger charge is 2.17. The molecule has 0 aliphatic carbocycles. The summed E-state index contributed by atoms with van der Waals surface area (Å²) in [4.78, 5) is 23.2. The van der Waals surface area contributed by atoms with Crippen LogP contribution in [0.15, 0.2) is 72.3 Å². The van der Waals surface area contributed by atoms with Crippen molar-refractivity contribution in [2.75, 3.05) is 11.9 Å². The second kappa shape index (κ2) is 11.3. The molecule has 3 aromatic carbocycles. The van der Waals surface area contributed by atoms with E-state index in [0.717, 1.165) is 11.1 Å². The number of anilines is 1. The lowest BCUT2D eigenvalue weighted by atomic mass is 10.1. The number of rotatable bonds is 9. The fourth-order valence-electron chi connectivity index (χ4n) is 3.09. The summed E-state index contributed by atoms with van der Waals surface area (Å²) in [5.41, 5.74) is 2.24. The first-order valence-corrected chi connectivity index (χ1v) is 10.5. The number of nitriles is 1. The summed E-state index contributed by atoms with van der Waals surface area (Å²) in [6.07, 6.45) is 1.39. The minimum absolute atomic E-state index is 0.00788. The van der Waals surface area contributed by atoms with Crippen LogP contribution >= 0.6 is 0 Å². The van der Waals surface area contributed by atoms with Crippen LogP contribution in [0.4, 0.5) is 11.4 Å². The largest absolute Gasteiger partial charge is 0.490 e. The normalized spacial score (nSPS) is 10.8. The van der Waals surface area contributed by atoms with Crippen LogP contribution in [-0.2, 0) is 11.4 Å². The van der Waals surface area contributed by atoms with E-state index in [1.807, 2.05) is 44.2 Å². The minimum Gasteiger partial charge on any atom is -0.490 e. The third-order valence-electron chi connectivity index (χ3n) is 4.81. The third kappa shape index (κ3) is 6.20. The SMILES string of the molecule is CCOc1cc(/C=C(/C#N)C(=O)Nc2ccccc2[N+](=O)[O-])ccc1OCc1ccc(C)cc1. The molecular weight excluding hydrogens is 434 g/mol. The average Bonchev–Trinajstić information content (AvgIpc) is 2.83. The molecule has 0 aliphatic heterocycles. The van der Waals surface area contributed by atoms with Crippen molar-refractivity contribution < 1.29 is 19.2 Å². The van der Waals surface area contributed by atoms with Gasteiger partial charge in [-0.1, -0.05) is 48.0 Å². The number of nitro benzene ring substituents is 1. The van der Waals surface area contributed by atoms with Crippen LogP contribution in [0.3, 0.4) is 0 Å². The molecule has 0 spiro atoms. The molecule has 0 heterocycles. The van der Waals surface area contributed by atoms with Crippen LogP contribution in [-0.4, -0.2) is 17.4 Å². The van der Waals surface area contributed by atoms with Crippen molar-refractivity contribution in [1.29, 1.82) is 5.26 Å². The molecule has 0 aromatic heterocycles. The van der Waals surface area contributed by atoms with E-state index < -0.39 is 10.8 Å². The number of aryl methyl sites for hydroxylation is 1. The minimum atomic E-state index is -0.755. The highest BCUT2D eigenvalue weighted by atomic mass is 16.6. The van der Waals surface area contributed by atoms with Gasteiger partial charge in [0.25, 0.3) is 11.6 Å². The zero-order valence-corrected chi connectivity index (χ0v) is 18.8. The molecule has 0 atom stereocenters. The van der Waals surface area contributed by atoms with Gasteiger partial charge in [0.2, 0.25) is 0 Å². The van der Waals surface area contributed by atoms with E-state index in [4.69, 9.17) is 9.47 Å². The Kier molecular flexibility index (Phi) is 7.97. The lowest BCUT2D eigenvalue weighted by Crippen LogP contribution is -2.14. The molecule has 3 aromatic rings. The molecule has 8 heteroatoms. The number of benzene rings is 3. The Morgan fingerprint density at radius 3 is 2.50 bits per heavy atom. The monoisotopic (exact) mass is 457 g/mol. The second-order valence-electron chi connectivity index (χ2n) is 7.31. The molecular formula is C26H23N3O5. The molecule has 0 saturated carbocycles. The van der Waals surface area contributed by atoms with Gasteiger partial charge in [-0.25, -0.2) is 0 Å². The average molecular weight is 457 g/mol. The van der Waals surface area contributed by atoms with Crippen molar-refractivity contribution in [3.05, 3.63) is 99.1 Å². The van der Waals surface area contributed by atoms with Gasteiger partial charge in [0.1, 0.15) is 23.9 Å². The van der Waals surface area contributed by atoms with E-state index in [2.05, 4.69) is 5.32 Å². The van der Waals surface area contributed by atoms with E-state index in [-0.39, 0.29) is 16.9 Å². The summed E-state index contributed by atoms with van der Waals surface area (Å²) < 4.78 is 11.6. The van der Waals surface area contributed by atoms with Gasteiger partial charge < -0.3 is 14.8 Å². The third-order valence-corrected chi connectivity index (χ3v) is 4.81. The summed E-state index contributed by atoms with van der Waals surface area (Å²) in [6.45, 7) is 4.61. The maximum absolute atomic E-state index is 12.6. The summed E-state index contributed by atoms with van der Waals surface area (Å²) in [5.74, 6) is 0.247. The predicted octanol–water partition coefficient (Wildman–Crippen LogP) is 5.43. The predicted molar refractivity (Wildman–Crippen MR) is 128 cm³/mol. The summed E-state index contributed by atoms with van der Waals surface area (Å²) in [7, 11) is 0. The van der Waals surface area contributed by atoms with Crippen LogP contribution in [0.1, 0.15) is 23.6 Å². The molecule has 0 fully saturated rings. The summed E-state index contributed by atoms with van der Waals surface area (Å²) in [6, 6.07) is 20.6. The molecule has 0 bridgehead atoms. The Balaban J connectivity index is 1.80. The molecule has 0 saturated heterocycles. The van der Waals surface area contributed by atoms with Gasteiger partial charge in [-0.3, -0.25) is 14.9 Å². The van der Waals surface area contributed by atoms with Gasteiger partial charge in [-0.15, -0.1) is 0 Å². The van der Waals surface area contributed by atoms with Gasteiger partial charge >= 0.3 is 0 Å². The molecule has 3 rings (SSSR count). The van der Waals surface area contributed by atoms with Crippen molar-refractivity contribution in [2.45, 2.75) is 20.5 Å². The van der Waals surface area contributed by atoms with Crippen LogP contribution in [0.5, 0.6) is 11.5 Å². The van der Waals surface area contributed by atoms with Gasteiger partial charge in [0.05, 0.1) is 11.5 Å². The molecule has 172 valence electrons. The lowest BCUT2D eigenvalue weighted by molar-refractivity contribution is -0.383. The number of amides is 1. The fourth-order valence-corrected chi connectivity index (χ4v) is 3.09. The molecule has 34 heavy (non-hydrogen) atoms. The Morgan fingerprint density at radius 1 is 1.09 bits per heavy atom. The van der Waals surface area contributed by atoms with Crippen LogP contribution < -0.4 is 14.8 Å². The summed E-state index contributed by atoms with van der Waals surface area (Å²) in [5, 5.41) is 23.1. The smallest absolute Gasteiger partial charge is 0.292 e. The molecule has 1 N–H and O–H groups in total. The highest BCUT2D eigenvalue weighted by Crippen LogP contribution is 2.30. The quantitative estimate of drug-likeness (QED) is 0.198.